The smallest absolute Gasteiger partial charge is 0.410 e. The monoisotopic (exact) mass is 491 g/mol. The molecule has 1 spiro atoms. The fourth-order valence-electron chi connectivity index (χ4n) is 7.07. The highest BCUT2D eigenvalue weighted by Crippen LogP contribution is 2.49. The van der Waals surface area contributed by atoms with Crippen molar-refractivity contribution in [2.24, 2.45) is 0 Å². The van der Waals surface area contributed by atoms with Gasteiger partial charge in [0.1, 0.15) is 11.9 Å². The molecule has 34 heavy (non-hydrogen) atoms. The van der Waals surface area contributed by atoms with Gasteiger partial charge in [0.15, 0.2) is 0 Å². The van der Waals surface area contributed by atoms with Crippen LogP contribution in [0.4, 0.5) is 14.9 Å². The van der Waals surface area contributed by atoms with E-state index in [1.54, 1.807) is 12.1 Å². The van der Waals surface area contributed by atoms with Gasteiger partial charge in [0.05, 0.1) is 11.9 Å². The Morgan fingerprint density at radius 1 is 1.06 bits per heavy atom. The second-order valence-electron chi connectivity index (χ2n) is 11.1. The summed E-state index contributed by atoms with van der Waals surface area (Å²) in [5, 5.41) is 0. The van der Waals surface area contributed by atoms with Gasteiger partial charge in [-0.15, -0.1) is 0 Å². The Balaban J connectivity index is 1.14. The number of piperidine rings is 2. The Morgan fingerprint density at radius 2 is 1.74 bits per heavy atom. The van der Waals surface area contributed by atoms with Gasteiger partial charge in [-0.1, -0.05) is 0 Å². The molecule has 4 aliphatic heterocycles. The van der Waals surface area contributed by atoms with Gasteiger partial charge in [-0.25, -0.2) is 17.6 Å². The normalized spacial score (nSPS) is 30.9. The van der Waals surface area contributed by atoms with Crippen LogP contribution in [0.2, 0.25) is 0 Å². The Labute approximate surface area is 201 Å². The van der Waals surface area contributed by atoms with Crippen molar-refractivity contribution in [3.05, 3.63) is 29.6 Å². The lowest BCUT2D eigenvalue weighted by atomic mass is 9.73. The molecular weight excluding hydrogens is 457 g/mol. The Kier molecular flexibility index (Phi) is 5.37. The minimum absolute atomic E-state index is 0.112. The molecular formula is C25H34FN3O4S. The standard InChI is InChI=1S/C25H34FN3O4S/c1-34(31,32)28-16-25(22-13-17(26)5-8-23(22)28)9-11-27(12-10-25)20-14-18-6-7-19(15-20)29(18)24(30)33-21-3-2-4-21/h5,8,13,18-21H,2-4,6-7,9-12,14-16H2,1H3. The van der Waals surface area contributed by atoms with E-state index >= 15 is 0 Å². The lowest BCUT2D eigenvalue weighted by Gasteiger charge is -2.47. The van der Waals surface area contributed by atoms with Crippen LogP contribution in [0.5, 0.6) is 0 Å². The van der Waals surface area contributed by atoms with Crippen LogP contribution >= 0.6 is 0 Å². The summed E-state index contributed by atoms with van der Waals surface area (Å²) < 4.78 is 46.3. The lowest BCUT2D eigenvalue weighted by molar-refractivity contribution is -0.00571. The molecule has 9 heteroatoms. The van der Waals surface area contributed by atoms with E-state index in [4.69, 9.17) is 4.74 Å². The highest BCUT2D eigenvalue weighted by molar-refractivity contribution is 7.92. The van der Waals surface area contributed by atoms with Gasteiger partial charge in [0.2, 0.25) is 10.0 Å². The van der Waals surface area contributed by atoms with E-state index in [0.29, 0.717) is 18.3 Å². The van der Waals surface area contributed by atoms with Gasteiger partial charge >= 0.3 is 6.09 Å². The summed E-state index contributed by atoms with van der Waals surface area (Å²) in [6.07, 6.45) is 10.1. The number of nitrogens with zero attached hydrogens (tertiary/aromatic N) is 3. The molecule has 0 radical (unpaired) electrons. The Bertz CT molecular complexity index is 1070. The van der Waals surface area contributed by atoms with Crippen LogP contribution in [0.1, 0.15) is 63.4 Å². The summed E-state index contributed by atoms with van der Waals surface area (Å²) in [5.41, 5.74) is 1.14. The summed E-state index contributed by atoms with van der Waals surface area (Å²) in [6.45, 7) is 2.13. The molecule has 2 bridgehead atoms. The molecule has 4 heterocycles. The fraction of sp³-hybridized carbons (Fsp3) is 0.720. The van der Waals surface area contributed by atoms with Crippen LogP contribution in [0.15, 0.2) is 18.2 Å². The molecule has 2 atom stereocenters. The number of hydrogen-bond donors (Lipinski definition) is 0. The highest BCUT2D eigenvalue weighted by Gasteiger charge is 2.50. The van der Waals surface area contributed by atoms with E-state index < -0.39 is 10.0 Å². The van der Waals surface area contributed by atoms with Crippen molar-refractivity contribution in [3.8, 4) is 0 Å². The molecule has 7 nitrogen and oxygen atoms in total. The van der Waals surface area contributed by atoms with Gasteiger partial charge in [-0.3, -0.25) is 4.31 Å². The second-order valence-corrected chi connectivity index (χ2v) is 13.0. The van der Waals surface area contributed by atoms with Gasteiger partial charge in [0, 0.05) is 30.1 Å². The topological polar surface area (TPSA) is 70.2 Å². The van der Waals surface area contributed by atoms with Crippen LogP contribution in [-0.2, 0) is 20.2 Å². The maximum absolute atomic E-state index is 14.2. The molecule has 1 aromatic rings. The van der Waals surface area contributed by atoms with E-state index in [0.717, 1.165) is 76.4 Å². The van der Waals surface area contributed by atoms with Gasteiger partial charge in [0.25, 0.3) is 0 Å². The maximum atomic E-state index is 14.2. The van der Waals surface area contributed by atoms with E-state index in [1.165, 1.54) is 16.6 Å². The predicted molar refractivity (Wildman–Crippen MR) is 127 cm³/mol. The molecule has 1 aliphatic carbocycles. The first-order chi connectivity index (χ1) is 16.2. The van der Waals surface area contributed by atoms with Gasteiger partial charge < -0.3 is 14.5 Å². The number of halogens is 1. The zero-order valence-electron chi connectivity index (χ0n) is 19.8. The molecule has 0 N–H and O–H groups in total. The van der Waals surface area contributed by atoms with Crippen molar-refractivity contribution in [1.29, 1.82) is 0 Å². The summed E-state index contributed by atoms with van der Waals surface area (Å²) >= 11 is 0. The average molecular weight is 492 g/mol. The first kappa shape index (κ1) is 22.6. The molecule has 1 aromatic carbocycles. The maximum Gasteiger partial charge on any atom is 0.410 e. The van der Waals surface area contributed by atoms with Crippen LogP contribution in [0.25, 0.3) is 0 Å². The molecule has 0 aromatic heterocycles. The summed E-state index contributed by atoms with van der Waals surface area (Å²) in [6, 6.07) is 5.46. The number of benzene rings is 1. The number of likely N-dealkylation sites (tertiary alicyclic amines) is 1. The number of sulfonamides is 1. The number of amides is 1. The molecule has 3 saturated heterocycles. The molecule has 186 valence electrons. The summed E-state index contributed by atoms with van der Waals surface area (Å²) in [5.74, 6) is -0.311. The molecule has 5 aliphatic rings. The van der Waals surface area contributed by atoms with Gasteiger partial charge in [-0.2, -0.15) is 0 Å². The van der Waals surface area contributed by atoms with Crippen LogP contribution in [0.3, 0.4) is 0 Å². The van der Waals surface area contributed by atoms with Gasteiger partial charge in [-0.05, 0) is 94.6 Å². The quantitative estimate of drug-likeness (QED) is 0.646. The Hall–Kier alpha value is -1.87. The third-order valence-electron chi connectivity index (χ3n) is 9.16. The molecule has 1 saturated carbocycles. The van der Waals surface area contributed by atoms with Crippen LogP contribution < -0.4 is 4.31 Å². The van der Waals surface area contributed by atoms with E-state index in [1.807, 2.05) is 4.90 Å². The van der Waals surface area contributed by atoms with Crippen LogP contribution in [0, 0.1) is 5.82 Å². The van der Waals surface area contributed by atoms with E-state index in [-0.39, 0.29) is 35.5 Å². The molecule has 1 amide bonds. The summed E-state index contributed by atoms with van der Waals surface area (Å²) in [7, 11) is -3.42. The minimum atomic E-state index is -3.42. The number of fused-ring (bicyclic) bond motifs is 4. The number of ether oxygens (including phenoxy) is 1. The number of hydrogen-bond acceptors (Lipinski definition) is 5. The third kappa shape index (κ3) is 3.70. The van der Waals surface area contributed by atoms with Crippen molar-refractivity contribution in [1.82, 2.24) is 9.80 Å². The average Bonchev–Trinajstić information content (AvgIpc) is 3.22. The van der Waals surface area contributed by atoms with Crippen LogP contribution in [-0.4, -0.2) is 74.4 Å². The number of carbonyl (C=O) groups is 1. The van der Waals surface area contributed by atoms with Crippen molar-refractivity contribution in [2.75, 3.05) is 30.2 Å². The first-order valence-corrected chi connectivity index (χ1v) is 14.6. The molecule has 2 unspecified atom stereocenters. The largest absolute Gasteiger partial charge is 0.446 e. The number of rotatable bonds is 3. The highest BCUT2D eigenvalue weighted by atomic mass is 32.2. The predicted octanol–water partition coefficient (Wildman–Crippen LogP) is 3.62. The Morgan fingerprint density at radius 3 is 2.32 bits per heavy atom. The SMILES string of the molecule is CS(=O)(=O)N1CC2(CCN(C3CC4CCC(C3)N4C(=O)OC3CCC3)CC2)c2cc(F)ccc21. The number of carbonyl (C=O) groups excluding carboxylic acids is 1. The van der Waals surface area contributed by atoms with E-state index in [2.05, 4.69) is 4.90 Å². The molecule has 4 fully saturated rings. The van der Waals surface area contributed by atoms with Crippen molar-refractivity contribution in [3.63, 3.8) is 0 Å². The molecule has 6 rings (SSSR count). The second kappa shape index (κ2) is 8.08. The fourth-order valence-corrected chi connectivity index (χ4v) is 8.07. The zero-order valence-corrected chi connectivity index (χ0v) is 20.6. The minimum Gasteiger partial charge on any atom is -0.446 e. The van der Waals surface area contributed by atoms with Crippen molar-refractivity contribution < 1.29 is 22.3 Å². The van der Waals surface area contributed by atoms with Crippen molar-refractivity contribution in [2.45, 2.75) is 87.4 Å². The zero-order chi connectivity index (χ0) is 23.7. The third-order valence-corrected chi connectivity index (χ3v) is 10.3. The van der Waals surface area contributed by atoms with E-state index in [9.17, 15) is 17.6 Å². The lowest BCUT2D eigenvalue weighted by Crippen LogP contribution is -2.56. The van der Waals surface area contributed by atoms with Crippen molar-refractivity contribution >= 4 is 21.8 Å². The first-order valence-electron chi connectivity index (χ1n) is 12.7. The number of anilines is 1. The summed E-state index contributed by atoms with van der Waals surface area (Å²) in [4.78, 5) is 17.3.